The number of tetrazole rings is 1. The number of Topliss-reactive ketones (excluding diaryl/α,β-unsaturated/α-hetero) is 1. The minimum Gasteiger partial charge on any atom is -0.456 e. The molecular formula is C22H21N5O4. The number of hydrogen-bond donors (Lipinski definition) is 0. The molecule has 9 nitrogen and oxygen atoms in total. The van der Waals surface area contributed by atoms with Gasteiger partial charge in [0.1, 0.15) is 6.33 Å². The third-order valence-corrected chi connectivity index (χ3v) is 5.15. The van der Waals surface area contributed by atoms with E-state index >= 15 is 0 Å². The van der Waals surface area contributed by atoms with Crippen molar-refractivity contribution in [3.8, 4) is 0 Å². The standard InChI is InChI=1S/C22H21N5O4/c28-20(17-8-10-18(11-9-17)26-12-4-7-21(26)29)14-31-22(30)19(27-15-23-24-25-27)13-16-5-2-1-3-6-16/h1-3,5-6,8-11,15,19H,4,7,12-14H2/t19-/m0/s1. The predicted molar refractivity (Wildman–Crippen MR) is 110 cm³/mol. The fourth-order valence-electron chi connectivity index (χ4n) is 3.50. The molecule has 1 aromatic heterocycles. The van der Waals surface area contributed by atoms with Crippen molar-refractivity contribution in [2.75, 3.05) is 18.1 Å². The van der Waals surface area contributed by atoms with Crippen molar-refractivity contribution in [1.82, 2.24) is 20.2 Å². The third kappa shape index (κ3) is 4.82. The summed E-state index contributed by atoms with van der Waals surface area (Å²) < 4.78 is 6.62. The Hall–Kier alpha value is -3.88. The number of amides is 1. The van der Waals surface area contributed by atoms with Gasteiger partial charge in [0.15, 0.2) is 18.4 Å². The summed E-state index contributed by atoms with van der Waals surface area (Å²) in [7, 11) is 0. The summed E-state index contributed by atoms with van der Waals surface area (Å²) in [4.78, 5) is 38.8. The zero-order chi connectivity index (χ0) is 21.6. The summed E-state index contributed by atoms with van der Waals surface area (Å²) in [6.07, 6.45) is 3.05. The van der Waals surface area contributed by atoms with E-state index in [0.717, 1.165) is 17.7 Å². The maximum atomic E-state index is 12.7. The SMILES string of the molecule is O=C(COC(=O)[C@H](Cc1ccccc1)n1cnnn1)c1ccc(N2CCCC2=O)cc1. The van der Waals surface area contributed by atoms with Gasteiger partial charge in [0.05, 0.1) is 0 Å². The van der Waals surface area contributed by atoms with E-state index in [4.69, 9.17) is 4.74 Å². The van der Waals surface area contributed by atoms with Crippen LogP contribution in [0.1, 0.15) is 34.8 Å². The number of anilines is 1. The van der Waals surface area contributed by atoms with Gasteiger partial charge in [-0.05, 0) is 46.7 Å². The molecule has 1 fully saturated rings. The van der Waals surface area contributed by atoms with Crippen LogP contribution in [0.4, 0.5) is 5.69 Å². The first-order valence-corrected chi connectivity index (χ1v) is 9.98. The maximum absolute atomic E-state index is 12.7. The zero-order valence-electron chi connectivity index (χ0n) is 16.8. The lowest BCUT2D eigenvalue weighted by molar-refractivity contribution is -0.146. The number of aromatic nitrogens is 4. The summed E-state index contributed by atoms with van der Waals surface area (Å²) >= 11 is 0. The van der Waals surface area contributed by atoms with E-state index in [-0.39, 0.29) is 11.7 Å². The lowest BCUT2D eigenvalue weighted by Gasteiger charge is -2.16. The van der Waals surface area contributed by atoms with Crippen molar-refractivity contribution in [2.45, 2.75) is 25.3 Å². The molecule has 0 saturated carbocycles. The van der Waals surface area contributed by atoms with Gasteiger partial charge in [0.2, 0.25) is 5.91 Å². The molecule has 9 heteroatoms. The summed E-state index contributed by atoms with van der Waals surface area (Å²) in [5.41, 5.74) is 2.08. The number of ketones is 1. The molecule has 3 aromatic rings. The second-order valence-electron chi connectivity index (χ2n) is 7.22. The molecule has 0 bridgehead atoms. The van der Waals surface area contributed by atoms with Gasteiger partial charge in [-0.3, -0.25) is 9.59 Å². The lowest BCUT2D eigenvalue weighted by atomic mass is 10.1. The fraction of sp³-hybridized carbons (Fsp3) is 0.273. The van der Waals surface area contributed by atoms with Gasteiger partial charge in [-0.1, -0.05) is 30.3 Å². The van der Waals surface area contributed by atoms with Crippen LogP contribution in [0.15, 0.2) is 60.9 Å². The Morgan fingerprint density at radius 3 is 2.48 bits per heavy atom. The van der Waals surface area contributed by atoms with E-state index in [1.807, 2.05) is 30.3 Å². The Labute approximate surface area is 178 Å². The largest absolute Gasteiger partial charge is 0.456 e. The average Bonchev–Trinajstić information content (AvgIpc) is 3.48. The number of esters is 1. The van der Waals surface area contributed by atoms with Crippen LogP contribution in [0, 0.1) is 0 Å². The van der Waals surface area contributed by atoms with Gasteiger partial charge in [0.25, 0.3) is 0 Å². The smallest absolute Gasteiger partial charge is 0.331 e. The van der Waals surface area contributed by atoms with Crippen molar-refractivity contribution < 1.29 is 19.1 Å². The van der Waals surface area contributed by atoms with Crippen LogP contribution in [0.25, 0.3) is 0 Å². The van der Waals surface area contributed by atoms with Crippen molar-refractivity contribution in [2.24, 2.45) is 0 Å². The topological polar surface area (TPSA) is 107 Å². The highest BCUT2D eigenvalue weighted by atomic mass is 16.5. The minimum atomic E-state index is -0.784. The van der Waals surface area contributed by atoms with Gasteiger partial charge in [-0.15, -0.1) is 5.10 Å². The van der Waals surface area contributed by atoms with Crippen molar-refractivity contribution in [1.29, 1.82) is 0 Å². The number of nitrogens with zero attached hydrogens (tertiary/aromatic N) is 5. The highest BCUT2D eigenvalue weighted by molar-refractivity contribution is 5.99. The number of hydrogen-bond acceptors (Lipinski definition) is 7. The van der Waals surface area contributed by atoms with Crippen LogP contribution in [0.5, 0.6) is 0 Å². The Kier molecular flexibility index (Phi) is 6.11. The minimum absolute atomic E-state index is 0.0834. The molecule has 1 aliphatic rings. The van der Waals surface area contributed by atoms with Crippen molar-refractivity contribution >= 4 is 23.3 Å². The molecule has 0 radical (unpaired) electrons. The summed E-state index contributed by atoms with van der Waals surface area (Å²) in [5, 5.41) is 11.0. The van der Waals surface area contributed by atoms with Crippen LogP contribution in [0.3, 0.4) is 0 Å². The predicted octanol–water partition coefficient (Wildman–Crippen LogP) is 2.01. The zero-order valence-corrected chi connectivity index (χ0v) is 16.8. The van der Waals surface area contributed by atoms with E-state index in [0.29, 0.717) is 24.9 Å². The highest BCUT2D eigenvalue weighted by Crippen LogP contribution is 2.22. The maximum Gasteiger partial charge on any atom is 0.331 e. The first kappa shape index (κ1) is 20.4. The first-order valence-electron chi connectivity index (χ1n) is 9.98. The van der Waals surface area contributed by atoms with E-state index in [1.54, 1.807) is 29.2 Å². The van der Waals surface area contributed by atoms with Crippen LogP contribution in [0.2, 0.25) is 0 Å². The lowest BCUT2D eigenvalue weighted by Crippen LogP contribution is -2.27. The first-order chi connectivity index (χ1) is 15.1. The van der Waals surface area contributed by atoms with Gasteiger partial charge < -0.3 is 9.64 Å². The molecule has 1 saturated heterocycles. The summed E-state index contributed by atoms with van der Waals surface area (Å²) in [6.45, 7) is 0.290. The van der Waals surface area contributed by atoms with Crippen molar-refractivity contribution in [3.63, 3.8) is 0 Å². The van der Waals surface area contributed by atoms with E-state index in [2.05, 4.69) is 15.5 Å². The molecule has 1 atom stereocenters. The van der Waals surface area contributed by atoms with Crippen LogP contribution < -0.4 is 4.90 Å². The number of rotatable bonds is 8. The van der Waals surface area contributed by atoms with E-state index in [1.165, 1.54) is 11.0 Å². The normalized spacial score (nSPS) is 14.5. The Bertz CT molecular complexity index is 1050. The second-order valence-corrected chi connectivity index (χ2v) is 7.22. The molecule has 1 amide bonds. The van der Waals surface area contributed by atoms with Gasteiger partial charge in [-0.25, -0.2) is 9.48 Å². The number of ether oxygens (including phenoxy) is 1. The molecule has 0 spiro atoms. The molecule has 0 aliphatic carbocycles. The quantitative estimate of drug-likeness (QED) is 0.406. The highest BCUT2D eigenvalue weighted by Gasteiger charge is 2.25. The number of carbonyl (C=O) groups excluding carboxylic acids is 3. The van der Waals surface area contributed by atoms with Gasteiger partial charge in [0, 0.05) is 30.6 Å². The van der Waals surface area contributed by atoms with E-state index in [9.17, 15) is 14.4 Å². The molecule has 2 heterocycles. The second kappa shape index (κ2) is 9.29. The number of carbonyl (C=O) groups is 3. The van der Waals surface area contributed by atoms with Gasteiger partial charge in [-0.2, -0.15) is 0 Å². The molecule has 1 aliphatic heterocycles. The van der Waals surface area contributed by atoms with E-state index < -0.39 is 18.6 Å². The van der Waals surface area contributed by atoms with Crippen molar-refractivity contribution in [3.05, 3.63) is 72.1 Å². The Morgan fingerprint density at radius 1 is 1.06 bits per heavy atom. The molecular weight excluding hydrogens is 398 g/mol. The Morgan fingerprint density at radius 2 is 1.84 bits per heavy atom. The van der Waals surface area contributed by atoms with Crippen LogP contribution in [-0.4, -0.2) is 51.0 Å². The summed E-state index contributed by atoms with van der Waals surface area (Å²) in [6, 6.07) is 15.4. The molecule has 4 rings (SSSR count). The summed E-state index contributed by atoms with van der Waals surface area (Å²) in [5.74, 6) is -0.841. The fourth-order valence-corrected chi connectivity index (χ4v) is 3.50. The molecule has 158 valence electrons. The molecule has 0 unspecified atom stereocenters. The molecule has 0 N–H and O–H groups in total. The monoisotopic (exact) mass is 419 g/mol. The molecule has 2 aromatic carbocycles. The van der Waals surface area contributed by atoms with Crippen LogP contribution >= 0.6 is 0 Å². The molecule has 31 heavy (non-hydrogen) atoms. The van der Waals surface area contributed by atoms with Crippen LogP contribution in [-0.2, 0) is 20.7 Å². The Balaban J connectivity index is 1.39. The average molecular weight is 419 g/mol. The third-order valence-electron chi connectivity index (χ3n) is 5.15. The van der Waals surface area contributed by atoms with Gasteiger partial charge >= 0.3 is 5.97 Å². The number of benzene rings is 2.